The molecule has 0 aliphatic carbocycles. The smallest absolute Gasteiger partial charge is 0.261 e. The zero-order chi connectivity index (χ0) is 27.6. The first-order chi connectivity index (χ1) is 19.5. The largest absolute Gasteiger partial charge is 0.366 e. The summed E-state index contributed by atoms with van der Waals surface area (Å²) in [5.74, 6) is 0.945. The number of rotatable bonds is 7. The Bertz CT molecular complexity index is 1830. The molecule has 0 atom stereocenters. The first kappa shape index (κ1) is 25.8. The van der Waals surface area contributed by atoms with Crippen molar-refractivity contribution in [3.05, 3.63) is 118 Å². The van der Waals surface area contributed by atoms with Gasteiger partial charge in [0.15, 0.2) is 5.65 Å². The number of hydrogen-bond acceptors (Lipinski definition) is 6. The molecule has 198 valence electrons. The second-order valence-electron chi connectivity index (χ2n) is 9.07. The van der Waals surface area contributed by atoms with Gasteiger partial charge in [0, 0.05) is 34.4 Å². The number of aryl methyl sites for hydroxylation is 1. The fourth-order valence-electron chi connectivity index (χ4n) is 4.39. The highest BCUT2D eigenvalue weighted by molar-refractivity contribution is 9.10. The molecular weight excluding hydrogens is 592 g/mol. The molecule has 3 aromatic heterocycles. The predicted molar refractivity (Wildman–Crippen MR) is 160 cm³/mol. The number of fused-ring (bicyclic) bond motifs is 1. The molecule has 10 heteroatoms. The Morgan fingerprint density at radius 1 is 1.02 bits per heavy atom. The number of amides is 1. The molecule has 0 spiro atoms. The van der Waals surface area contributed by atoms with Crippen molar-refractivity contribution in [3.8, 4) is 22.5 Å². The average Bonchev–Trinajstić information content (AvgIpc) is 3.55. The predicted octanol–water partition coefficient (Wildman–Crippen LogP) is 7.64. The number of aromatic nitrogens is 4. The van der Waals surface area contributed by atoms with E-state index < -0.39 is 0 Å². The van der Waals surface area contributed by atoms with Crippen molar-refractivity contribution in [2.24, 2.45) is 0 Å². The van der Waals surface area contributed by atoms with E-state index in [9.17, 15) is 4.79 Å². The van der Waals surface area contributed by atoms with Gasteiger partial charge < -0.3 is 15.2 Å². The van der Waals surface area contributed by atoms with E-state index in [4.69, 9.17) is 21.1 Å². The molecule has 40 heavy (non-hydrogen) atoms. The lowest BCUT2D eigenvalue weighted by molar-refractivity contribution is 0.102. The van der Waals surface area contributed by atoms with Crippen LogP contribution in [0.3, 0.4) is 0 Å². The van der Waals surface area contributed by atoms with Crippen molar-refractivity contribution in [2.45, 2.75) is 13.5 Å². The van der Waals surface area contributed by atoms with Crippen LogP contribution in [0.25, 0.3) is 28.2 Å². The van der Waals surface area contributed by atoms with E-state index in [1.54, 1.807) is 17.6 Å². The molecule has 1 amide bonds. The molecule has 0 radical (unpaired) electrons. The number of benzene rings is 3. The van der Waals surface area contributed by atoms with Crippen LogP contribution in [0.15, 0.2) is 100 Å². The lowest BCUT2D eigenvalue weighted by Gasteiger charge is -2.12. The van der Waals surface area contributed by atoms with Crippen LogP contribution < -0.4 is 10.6 Å². The third kappa shape index (κ3) is 5.09. The average molecular weight is 614 g/mol. The maximum absolute atomic E-state index is 13.1. The molecule has 0 saturated heterocycles. The summed E-state index contributed by atoms with van der Waals surface area (Å²) < 4.78 is 7.86. The van der Waals surface area contributed by atoms with Crippen LogP contribution >= 0.6 is 27.5 Å². The van der Waals surface area contributed by atoms with Gasteiger partial charge >= 0.3 is 0 Å². The minimum atomic E-state index is -0.279. The van der Waals surface area contributed by atoms with Gasteiger partial charge in [-0.15, -0.1) is 0 Å². The van der Waals surface area contributed by atoms with Crippen LogP contribution in [-0.2, 0) is 6.54 Å². The number of carbonyl (C=O) groups is 1. The van der Waals surface area contributed by atoms with Gasteiger partial charge in [-0.25, -0.2) is 4.98 Å². The van der Waals surface area contributed by atoms with Crippen LogP contribution in [0, 0.1) is 6.92 Å². The topological polar surface area (TPSA) is 97.3 Å². The number of hydrogen-bond donors (Lipinski definition) is 2. The standard InChI is InChI=1S/C30H22BrClN6O2/c1-18-27(28(37-40-18)20-7-3-2-4-8-20)30(39)35-21-13-11-19(12-14-21)16-33-26-15-25(22-9-5-6-10-24(22)32)36-29-23(31)17-34-38(26)29/h2-15,17,33H,16H2,1H3,(H,35,39). The van der Waals surface area contributed by atoms with Crippen LogP contribution in [0.1, 0.15) is 21.7 Å². The Hall–Kier alpha value is -4.47. The molecule has 2 N–H and O–H groups in total. The molecule has 3 heterocycles. The highest BCUT2D eigenvalue weighted by Crippen LogP contribution is 2.31. The fourth-order valence-corrected chi connectivity index (χ4v) is 4.97. The highest BCUT2D eigenvalue weighted by atomic mass is 79.9. The molecule has 3 aromatic carbocycles. The quantitative estimate of drug-likeness (QED) is 0.192. The first-order valence-electron chi connectivity index (χ1n) is 12.4. The van der Waals surface area contributed by atoms with Crippen molar-refractivity contribution >= 4 is 50.6 Å². The Labute approximate surface area is 243 Å². The van der Waals surface area contributed by atoms with Crippen LogP contribution in [-0.4, -0.2) is 25.7 Å². The van der Waals surface area contributed by atoms with E-state index >= 15 is 0 Å². The summed E-state index contributed by atoms with van der Waals surface area (Å²) >= 11 is 9.98. The molecular formula is C30H22BrClN6O2. The van der Waals surface area contributed by atoms with Gasteiger partial charge in [0.25, 0.3) is 5.91 Å². The molecule has 0 bridgehead atoms. The molecule has 0 unspecified atom stereocenters. The lowest BCUT2D eigenvalue weighted by atomic mass is 10.1. The van der Waals surface area contributed by atoms with E-state index in [-0.39, 0.29) is 5.91 Å². The Morgan fingerprint density at radius 2 is 1.77 bits per heavy atom. The van der Waals surface area contributed by atoms with Crippen molar-refractivity contribution in [1.82, 2.24) is 19.8 Å². The fraction of sp³-hybridized carbons (Fsp3) is 0.0667. The zero-order valence-corrected chi connectivity index (χ0v) is 23.6. The number of nitrogens with zero attached hydrogens (tertiary/aromatic N) is 4. The monoisotopic (exact) mass is 612 g/mol. The second-order valence-corrected chi connectivity index (χ2v) is 10.3. The second kappa shape index (κ2) is 11.0. The molecule has 0 aliphatic heterocycles. The van der Waals surface area contributed by atoms with Gasteiger partial charge in [0.05, 0.1) is 16.4 Å². The molecule has 0 fully saturated rings. The summed E-state index contributed by atoms with van der Waals surface area (Å²) in [4.78, 5) is 17.9. The first-order valence-corrected chi connectivity index (χ1v) is 13.6. The molecule has 0 saturated carbocycles. The highest BCUT2D eigenvalue weighted by Gasteiger charge is 2.21. The van der Waals surface area contributed by atoms with Crippen molar-refractivity contribution in [3.63, 3.8) is 0 Å². The molecule has 0 aliphatic rings. The third-order valence-electron chi connectivity index (χ3n) is 6.40. The summed E-state index contributed by atoms with van der Waals surface area (Å²) in [5, 5.41) is 15.6. The number of halogens is 2. The molecule has 6 rings (SSSR count). The van der Waals surface area contributed by atoms with E-state index in [1.165, 1.54) is 0 Å². The Morgan fingerprint density at radius 3 is 2.55 bits per heavy atom. The van der Waals surface area contributed by atoms with E-state index in [1.807, 2.05) is 84.9 Å². The van der Waals surface area contributed by atoms with Gasteiger partial charge in [-0.2, -0.15) is 9.61 Å². The van der Waals surface area contributed by atoms with Gasteiger partial charge in [0.2, 0.25) is 0 Å². The van der Waals surface area contributed by atoms with Gasteiger partial charge in [0.1, 0.15) is 22.8 Å². The molecule has 6 aromatic rings. The zero-order valence-electron chi connectivity index (χ0n) is 21.2. The van der Waals surface area contributed by atoms with Crippen molar-refractivity contribution < 1.29 is 9.32 Å². The summed E-state index contributed by atoms with van der Waals surface area (Å²) in [7, 11) is 0. The Balaban J connectivity index is 1.19. The van der Waals surface area contributed by atoms with Crippen LogP contribution in [0.2, 0.25) is 5.02 Å². The van der Waals surface area contributed by atoms with Gasteiger partial charge in [-0.05, 0) is 46.6 Å². The lowest BCUT2D eigenvalue weighted by Crippen LogP contribution is -2.13. The normalized spacial score (nSPS) is 11.1. The van der Waals surface area contributed by atoms with Crippen LogP contribution in [0.5, 0.6) is 0 Å². The summed E-state index contributed by atoms with van der Waals surface area (Å²) in [6.45, 7) is 2.25. The summed E-state index contributed by atoms with van der Waals surface area (Å²) in [6, 6.07) is 26.6. The summed E-state index contributed by atoms with van der Waals surface area (Å²) in [6.07, 6.45) is 1.71. The number of carbonyl (C=O) groups excluding carboxylic acids is 1. The Kier molecular flexibility index (Phi) is 7.06. The van der Waals surface area contributed by atoms with Crippen LogP contribution in [0.4, 0.5) is 11.5 Å². The maximum atomic E-state index is 13.1. The third-order valence-corrected chi connectivity index (χ3v) is 7.29. The van der Waals surface area contributed by atoms with E-state index in [0.717, 1.165) is 32.7 Å². The SMILES string of the molecule is Cc1onc(-c2ccccc2)c1C(=O)Nc1ccc(CNc2cc(-c3ccccc3Cl)nc3c(Br)cnn23)cc1. The van der Waals surface area contributed by atoms with Gasteiger partial charge in [-0.3, -0.25) is 4.79 Å². The minimum absolute atomic E-state index is 0.279. The number of anilines is 2. The van der Waals surface area contributed by atoms with Crippen molar-refractivity contribution in [1.29, 1.82) is 0 Å². The van der Waals surface area contributed by atoms with Crippen molar-refractivity contribution in [2.75, 3.05) is 10.6 Å². The molecule has 8 nitrogen and oxygen atoms in total. The number of nitrogens with one attached hydrogen (secondary N) is 2. The van der Waals surface area contributed by atoms with Gasteiger partial charge in [-0.1, -0.05) is 77.4 Å². The van der Waals surface area contributed by atoms with E-state index in [0.29, 0.717) is 39.9 Å². The summed E-state index contributed by atoms with van der Waals surface area (Å²) in [5.41, 5.74) is 5.67. The minimum Gasteiger partial charge on any atom is -0.366 e. The maximum Gasteiger partial charge on any atom is 0.261 e. The van der Waals surface area contributed by atoms with E-state index in [2.05, 4.69) is 36.8 Å².